The third-order valence-corrected chi connectivity index (χ3v) is 4.01. The fourth-order valence-corrected chi connectivity index (χ4v) is 2.64. The topological polar surface area (TPSA) is 23.5 Å². The number of aliphatic hydroxyl groups is 1. The van der Waals surface area contributed by atoms with E-state index in [0.29, 0.717) is 24.9 Å². The normalized spacial score (nSPS) is 29.6. The molecule has 2 rings (SSSR count). The lowest BCUT2D eigenvalue weighted by Gasteiger charge is -2.41. The van der Waals surface area contributed by atoms with Crippen molar-refractivity contribution in [1.82, 2.24) is 4.90 Å². The minimum atomic E-state index is -1.40. The van der Waals surface area contributed by atoms with Crippen molar-refractivity contribution in [2.24, 2.45) is 0 Å². The van der Waals surface area contributed by atoms with E-state index in [1.165, 1.54) is 12.1 Å². The molecule has 1 N–H and O–H groups in total. The van der Waals surface area contributed by atoms with E-state index in [0.717, 1.165) is 0 Å². The van der Waals surface area contributed by atoms with E-state index in [9.17, 15) is 13.9 Å². The number of hydrogen-bond donors (Lipinski definition) is 1. The van der Waals surface area contributed by atoms with Gasteiger partial charge in [0.05, 0.1) is 11.2 Å². The van der Waals surface area contributed by atoms with E-state index in [-0.39, 0.29) is 11.6 Å². The summed E-state index contributed by atoms with van der Waals surface area (Å²) in [6.45, 7) is 4.17. The van der Waals surface area contributed by atoms with Gasteiger partial charge in [-0.1, -0.05) is 6.07 Å². The van der Waals surface area contributed by atoms with Crippen LogP contribution < -0.4 is 0 Å². The first-order valence-electron chi connectivity index (χ1n) is 6.23. The summed E-state index contributed by atoms with van der Waals surface area (Å²) in [6.07, 6.45) is 0.700. The van der Waals surface area contributed by atoms with Gasteiger partial charge in [-0.25, -0.2) is 8.78 Å². The summed E-state index contributed by atoms with van der Waals surface area (Å²) in [5.74, 6) is -1.27. The number of nitrogens with zero attached hydrogens (tertiary/aromatic N) is 1. The summed E-state index contributed by atoms with van der Waals surface area (Å²) in [5.41, 5.74) is -1.19. The Morgan fingerprint density at radius 3 is 2.67 bits per heavy atom. The summed E-state index contributed by atoms with van der Waals surface area (Å²) in [7, 11) is 1.95. The predicted octanol–water partition coefficient (Wildman–Crippen LogP) is 2.57. The van der Waals surface area contributed by atoms with Crippen LogP contribution in [0.25, 0.3) is 0 Å². The minimum Gasteiger partial charge on any atom is -0.385 e. The van der Waals surface area contributed by atoms with Gasteiger partial charge in [0.15, 0.2) is 0 Å². The van der Waals surface area contributed by atoms with Gasteiger partial charge < -0.3 is 10.0 Å². The van der Waals surface area contributed by atoms with Crippen LogP contribution in [0.4, 0.5) is 8.78 Å². The lowest BCUT2D eigenvalue weighted by atomic mass is 9.80. The Hall–Kier alpha value is -1.00. The lowest BCUT2D eigenvalue weighted by Crippen LogP contribution is -2.46. The van der Waals surface area contributed by atoms with E-state index in [1.54, 1.807) is 6.92 Å². The molecule has 0 bridgehead atoms. The van der Waals surface area contributed by atoms with Crippen molar-refractivity contribution in [2.45, 2.75) is 38.3 Å². The van der Waals surface area contributed by atoms with Crippen LogP contribution in [0.3, 0.4) is 0 Å². The fraction of sp³-hybridized carbons (Fsp3) is 0.571. The molecule has 1 fully saturated rings. The van der Waals surface area contributed by atoms with Gasteiger partial charge in [-0.2, -0.15) is 0 Å². The quantitative estimate of drug-likeness (QED) is 0.833. The van der Waals surface area contributed by atoms with Crippen molar-refractivity contribution in [3.05, 3.63) is 34.9 Å². The van der Waals surface area contributed by atoms with Gasteiger partial charge in [0.1, 0.15) is 11.6 Å². The number of benzene rings is 1. The van der Waals surface area contributed by atoms with Crippen LogP contribution in [0.15, 0.2) is 12.1 Å². The van der Waals surface area contributed by atoms with E-state index in [4.69, 9.17) is 0 Å². The molecule has 1 aromatic rings. The maximum atomic E-state index is 14.1. The lowest BCUT2D eigenvalue weighted by molar-refractivity contribution is -0.0457. The van der Waals surface area contributed by atoms with E-state index >= 15 is 0 Å². The second kappa shape index (κ2) is 4.59. The summed E-state index contributed by atoms with van der Waals surface area (Å²) in [4.78, 5) is 2.08. The van der Waals surface area contributed by atoms with Gasteiger partial charge in [-0.3, -0.25) is 0 Å². The first-order valence-corrected chi connectivity index (χ1v) is 6.23. The van der Waals surface area contributed by atoms with Crippen molar-refractivity contribution in [3.8, 4) is 0 Å². The van der Waals surface area contributed by atoms with Crippen LogP contribution in [0.2, 0.25) is 0 Å². The van der Waals surface area contributed by atoms with Crippen LogP contribution in [-0.2, 0) is 5.60 Å². The van der Waals surface area contributed by atoms with Gasteiger partial charge in [-0.15, -0.1) is 0 Å². The van der Waals surface area contributed by atoms with E-state index < -0.39 is 17.2 Å². The molecular formula is C14H19F2NO. The molecule has 1 aromatic carbocycles. The standard InChI is InChI=1S/C14H19F2NO/c1-9-4-5-11(15)12(13(9)16)14(18)6-7-17(3)10(2)8-14/h4-5,10,18H,6-8H2,1-3H3. The van der Waals surface area contributed by atoms with Crippen molar-refractivity contribution < 1.29 is 13.9 Å². The molecule has 0 amide bonds. The maximum absolute atomic E-state index is 14.1. The number of hydrogen-bond acceptors (Lipinski definition) is 2. The first-order chi connectivity index (χ1) is 8.35. The summed E-state index contributed by atoms with van der Waals surface area (Å²) >= 11 is 0. The van der Waals surface area contributed by atoms with Gasteiger partial charge in [-0.05, 0) is 45.4 Å². The molecule has 2 nitrogen and oxygen atoms in total. The molecular weight excluding hydrogens is 236 g/mol. The smallest absolute Gasteiger partial charge is 0.135 e. The third-order valence-electron chi connectivity index (χ3n) is 4.01. The van der Waals surface area contributed by atoms with E-state index in [2.05, 4.69) is 4.90 Å². The highest BCUT2D eigenvalue weighted by Crippen LogP contribution is 2.38. The van der Waals surface area contributed by atoms with Crippen LogP contribution in [0.1, 0.15) is 30.9 Å². The van der Waals surface area contributed by atoms with E-state index in [1.807, 2.05) is 14.0 Å². The number of piperidine rings is 1. The Bertz CT molecular complexity index is 463. The zero-order valence-electron chi connectivity index (χ0n) is 11.0. The number of aryl methyl sites for hydroxylation is 1. The minimum absolute atomic E-state index is 0.100. The van der Waals surface area contributed by atoms with Crippen molar-refractivity contribution >= 4 is 0 Å². The van der Waals surface area contributed by atoms with Crippen LogP contribution in [0, 0.1) is 18.6 Å². The Balaban J connectivity index is 2.45. The highest BCUT2D eigenvalue weighted by molar-refractivity contribution is 5.32. The second-order valence-electron chi connectivity index (χ2n) is 5.37. The van der Waals surface area contributed by atoms with Crippen molar-refractivity contribution in [1.29, 1.82) is 0 Å². The third kappa shape index (κ3) is 2.15. The molecule has 2 unspecified atom stereocenters. The molecule has 0 spiro atoms. The molecule has 100 valence electrons. The maximum Gasteiger partial charge on any atom is 0.135 e. The van der Waals surface area contributed by atoms with Crippen molar-refractivity contribution in [3.63, 3.8) is 0 Å². The largest absolute Gasteiger partial charge is 0.385 e. The monoisotopic (exact) mass is 255 g/mol. The zero-order valence-corrected chi connectivity index (χ0v) is 11.0. The predicted molar refractivity (Wildman–Crippen MR) is 66.3 cm³/mol. The Kier molecular flexibility index (Phi) is 3.43. The van der Waals surface area contributed by atoms with Gasteiger partial charge >= 0.3 is 0 Å². The number of halogens is 2. The average Bonchev–Trinajstić information content (AvgIpc) is 2.30. The Labute approximate surface area is 106 Å². The molecule has 18 heavy (non-hydrogen) atoms. The summed E-state index contributed by atoms with van der Waals surface area (Å²) in [6, 6.07) is 2.73. The highest BCUT2D eigenvalue weighted by atomic mass is 19.1. The molecule has 1 aliphatic heterocycles. The second-order valence-corrected chi connectivity index (χ2v) is 5.37. The number of rotatable bonds is 1. The van der Waals surface area contributed by atoms with Crippen LogP contribution in [-0.4, -0.2) is 29.6 Å². The molecule has 0 radical (unpaired) electrons. The Morgan fingerprint density at radius 1 is 1.39 bits per heavy atom. The molecule has 1 heterocycles. The zero-order chi connectivity index (χ0) is 13.5. The van der Waals surface area contributed by atoms with Gasteiger partial charge in [0.25, 0.3) is 0 Å². The highest BCUT2D eigenvalue weighted by Gasteiger charge is 2.40. The average molecular weight is 255 g/mol. The molecule has 1 aliphatic rings. The SMILES string of the molecule is Cc1ccc(F)c(C2(O)CCN(C)C(C)C2)c1F. The molecule has 0 saturated carbocycles. The molecule has 0 aliphatic carbocycles. The summed E-state index contributed by atoms with van der Waals surface area (Å²) in [5, 5.41) is 10.6. The summed E-state index contributed by atoms with van der Waals surface area (Å²) < 4.78 is 28.0. The van der Waals surface area contributed by atoms with Crippen molar-refractivity contribution in [2.75, 3.05) is 13.6 Å². The molecule has 1 saturated heterocycles. The van der Waals surface area contributed by atoms with Crippen LogP contribution >= 0.6 is 0 Å². The fourth-order valence-electron chi connectivity index (χ4n) is 2.64. The molecule has 0 aromatic heterocycles. The first kappa shape index (κ1) is 13.4. The van der Waals surface area contributed by atoms with Gasteiger partial charge in [0.2, 0.25) is 0 Å². The number of likely N-dealkylation sites (tertiary alicyclic amines) is 1. The van der Waals surface area contributed by atoms with Gasteiger partial charge in [0, 0.05) is 12.6 Å². The Morgan fingerprint density at radius 2 is 2.06 bits per heavy atom. The van der Waals surface area contributed by atoms with Crippen LogP contribution in [0.5, 0.6) is 0 Å². The molecule has 4 heteroatoms. The molecule has 2 atom stereocenters.